The first-order valence-corrected chi connectivity index (χ1v) is 4.77. The van der Waals surface area contributed by atoms with Crippen LogP contribution in [0.2, 0.25) is 0 Å². The fourth-order valence-electron chi connectivity index (χ4n) is 1.25. The van der Waals surface area contributed by atoms with Gasteiger partial charge < -0.3 is 15.4 Å². The van der Waals surface area contributed by atoms with E-state index in [0.717, 1.165) is 5.56 Å². The van der Waals surface area contributed by atoms with Crippen molar-refractivity contribution in [3.05, 3.63) is 24.0 Å². The second-order valence-corrected chi connectivity index (χ2v) is 3.24. The number of carbonyl (C=O) groups excluding carboxylic acids is 1. The summed E-state index contributed by atoms with van der Waals surface area (Å²) in [5.41, 5.74) is 0.920. The number of aliphatic carboxylic acids is 1. The van der Waals surface area contributed by atoms with Crippen molar-refractivity contribution >= 4 is 11.9 Å². The minimum Gasteiger partial charge on any atom is -0.481 e. The molecule has 1 atom stereocenters. The Morgan fingerprint density at radius 1 is 1.60 bits per heavy atom. The van der Waals surface area contributed by atoms with E-state index in [9.17, 15) is 9.59 Å². The molecule has 0 radical (unpaired) electrons. The van der Waals surface area contributed by atoms with Gasteiger partial charge in [0.15, 0.2) is 0 Å². The van der Waals surface area contributed by atoms with Crippen LogP contribution in [-0.4, -0.2) is 22.0 Å². The molecule has 82 valence electrons. The third-order valence-corrected chi connectivity index (χ3v) is 2.15. The lowest BCUT2D eigenvalue weighted by Crippen LogP contribution is -2.34. The Hall–Kier alpha value is -1.78. The SMILES string of the molecule is CCC(C(=O)O)C(=O)NCc1cc[nH]c1. The molecule has 3 N–H and O–H groups in total. The number of carboxylic acid groups (broad SMARTS) is 1. The highest BCUT2D eigenvalue weighted by molar-refractivity contribution is 5.96. The van der Waals surface area contributed by atoms with Crippen molar-refractivity contribution in [3.8, 4) is 0 Å². The minimum atomic E-state index is -1.08. The Kier molecular flexibility index (Phi) is 3.91. The van der Waals surface area contributed by atoms with Crippen LogP contribution in [0.1, 0.15) is 18.9 Å². The Morgan fingerprint density at radius 3 is 2.80 bits per heavy atom. The molecule has 0 spiro atoms. The zero-order valence-electron chi connectivity index (χ0n) is 8.49. The van der Waals surface area contributed by atoms with Crippen LogP contribution in [0.15, 0.2) is 18.5 Å². The molecule has 1 heterocycles. The second kappa shape index (κ2) is 5.19. The van der Waals surface area contributed by atoms with Crippen molar-refractivity contribution in [2.45, 2.75) is 19.9 Å². The first kappa shape index (κ1) is 11.3. The van der Waals surface area contributed by atoms with Gasteiger partial charge in [-0.25, -0.2) is 0 Å². The fraction of sp³-hybridized carbons (Fsp3) is 0.400. The number of amides is 1. The number of carbonyl (C=O) groups is 2. The van der Waals surface area contributed by atoms with Gasteiger partial charge in [-0.1, -0.05) is 6.92 Å². The molecule has 15 heavy (non-hydrogen) atoms. The topological polar surface area (TPSA) is 82.2 Å². The van der Waals surface area contributed by atoms with Crippen molar-refractivity contribution < 1.29 is 14.7 Å². The minimum absolute atomic E-state index is 0.300. The summed E-state index contributed by atoms with van der Waals surface area (Å²) in [6.45, 7) is 2.03. The molecular weight excluding hydrogens is 196 g/mol. The number of aromatic amines is 1. The maximum Gasteiger partial charge on any atom is 0.316 e. The van der Waals surface area contributed by atoms with Crippen molar-refractivity contribution in [2.75, 3.05) is 0 Å². The molecular formula is C10H14N2O3. The molecule has 0 saturated carbocycles. The van der Waals surface area contributed by atoms with Crippen LogP contribution in [-0.2, 0) is 16.1 Å². The lowest BCUT2D eigenvalue weighted by molar-refractivity contribution is -0.147. The monoisotopic (exact) mass is 210 g/mol. The van der Waals surface area contributed by atoms with Gasteiger partial charge in [-0.3, -0.25) is 9.59 Å². The number of rotatable bonds is 5. The Labute approximate surface area is 87.5 Å². The molecule has 0 bridgehead atoms. The van der Waals surface area contributed by atoms with Gasteiger partial charge in [0.1, 0.15) is 5.92 Å². The van der Waals surface area contributed by atoms with Crippen LogP contribution >= 0.6 is 0 Å². The number of aromatic nitrogens is 1. The summed E-state index contributed by atoms with van der Waals surface area (Å²) >= 11 is 0. The highest BCUT2D eigenvalue weighted by Crippen LogP contribution is 2.03. The third kappa shape index (κ3) is 3.12. The van der Waals surface area contributed by atoms with E-state index in [1.54, 1.807) is 19.3 Å². The normalized spacial score (nSPS) is 12.1. The molecule has 0 aliphatic heterocycles. The molecule has 5 nitrogen and oxygen atoms in total. The van der Waals surface area contributed by atoms with Crippen molar-refractivity contribution in [1.82, 2.24) is 10.3 Å². The summed E-state index contributed by atoms with van der Waals surface area (Å²) in [7, 11) is 0. The van der Waals surface area contributed by atoms with Crippen LogP contribution in [0.3, 0.4) is 0 Å². The van der Waals surface area contributed by atoms with E-state index in [-0.39, 0.29) is 0 Å². The number of hydrogen-bond donors (Lipinski definition) is 3. The molecule has 0 saturated heterocycles. The van der Waals surface area contributed by atoms with E-state index in [1.807, 2.05) is 6.07 Å². The zero-order valence-corrected chi connectivity index (χ0v) is 8.49. The van der Waals surface area contributed by atoms with Crippen LogP contribution in [0.25, 0.3) is 0 Å². The third-order valence-electron chi connectivity index (χ3n) is 2.15. The number of carboxylic acids is 1. The van der Waals surface area contributed by atoms with Gasteiger partial charge >= 0.3 is 5.97 Å². The molecule has 1 aromatic rings. The summed E-state index contributed by atoms with van der Waals surface area (Å²) in [4.78, 5) is 24.9. The highest BCUT2D eigenvalue weighted by Gasteiger charge is 2.23. The number of nitrogens with one attached hydrogen (secondary N) is 2. The zero-order chi connectivity index (χ0) is 11.3. The van der Waals surface area contributed by atoms with E-state index in [0.29, 0.717) is 13.0 Å². The standard InChI is InChI=1S/C10H14N2O3/c1-2-8(10(14)15)9(13)12-6-7-3-4-11-5-7/h3-5,8,11H,2,6H2,1H3,(H,12,13)(H,14,15). The van der Waals surface area contributed by atoms with Gasteiger partial charge in [0.05, 0.1) is 0 Å². The van der Waals surface area contributed by atoms with Crippen LogP contribution in [0, 0.1) is 5.92 Å². The summed E-state index contributed by atoms with van der Waals surface area (Å²) in [5, 5.41) is 11.3. The van der Waals surface area contributed by atoms with Gasteiger partial charge in [0.25, 0.3) is 0 Å². The average Bonchev–Trinajstić information content (AvgIpc) is 2.67. The average molecular weight is 210 g/mol. The number of H-pyrrole nitrogens is 1. The molecule has 0 aliphatic rings. The highest BCUT2D eigenvalue weighted by atomic mass is 16.4. The molecule has 0 fully saturated rings. The van der Waals surface area contributed by atoms with Gasteiger partial charge in [-0.05, 0) is 18.1 Å². The molecule has 0 aromatic carbocycles. The van der Waals surface area contributed by atoms with Crippen LogP contribution in [0.4, 0.5) is 0 Å². The Balaban J connectivity index is 2.44. The molecule has 5 heteroatoms. The summed E-state index contributed by atoms with van der Waals surface area (Å²) in [5.74, 6) is -2.47. The maximum atomic E-state index is 11.4. The summed E-state index contributed by atoms with van der Waals surface area (Å²) < 4.78 is 0. The lowest BCUT2D eigenvalue weighted by atomic mass is 10.1. The Morgan fingerprint density at radius 2 is 2.33 bits per heavy atom. The quantitative estimate of drug-likeness (QED) is 0.627. The first-order chi connectivity index (χ1) is 7.15. The maximum absolute atomic E-state index is 11.4. The molecule has 1 aromatic heterocycles. The molecule has 0 aliphatic carbocycles. The Bertz CT molecular complexity index is 332. The summed E-state index contributed by atoms with van der Waals surface area (Å²) in [6, 6.07) is 1.82. The van der Waals surface area contributed by atoms with Crippen molar-refractivity contribution in [3.63, 3.8) is 0 Å². The summed E-state index contributed by atoms with van der Waals surface area (Å²) in [6.07, 6.45) is 3.80. The smallest absolute Gasteiger partial charge is 0.316 e. The molecule has 1 unspecified atom stereocenters. The molecule has 1 amide bonds. The van der Waals surface area contributed by atoms with Gasteiger partial charge in [-0.2, -0.15) is 0 Å². The fourth-order valence-corrected chi connectivity index (χ4v) is 1.25. The predicted octanol–water partition coefficient (Wildman–Crippen LogP) is 0.742. The van der Waals surface area contributed by atoms with Crippen molar-refractivity contribution in [1.29, 1.82) is 0 Å². The predicted molar refractivity (Wildman–Crippen MR) is 54.1 cm³/mol. The first-order valence-electron chi connectivity index (χ1n) is 4.77. The lowest BCUT2D eigenvalue weighted by Gasteiger charge is -2.09. The van der Waals surface area contributed by atoms with E-state index in [4.69, 9.17) is 5.11 Å². The van der Waals surface area contributed by atoms with Gasteiger partial charge in [-0.15, -0.1) is 0 Å². The largest absolute Gasteiger partial charge is 0.481 e. The van der Waals surface area contributed by atoms with E-state index in [1.165, 1.54) is 0 Å². The van der Waals surface area contributed by atoms with E-state index >= 15 is 0 Å². The van der Waals surface area contributed by atoms with Crippen molar-refractivity contribution in [2.24, 2.45) is 5.92 Å². The van der Waals surface area contributed by atoms with Crippen LogP contribution in [0.5, 0.6) is 0 Å². The van der Waals surface area contributed by atoms with Gasteiger partial charge in [0, 0.05) is 18.9 Å². The second-order valence-electron chi connectivity index (χ2n) is 3.24. The van der Waals surface area contributed by atoms with Crippen LogP contribution < -0.4 is 5.32 Å². The molecule has 1 rings (SSSR count). The van der Waals surface area contributed by atoms with E-state index in [2.05, 4.69) is 10.3 Å². The number of hydrogen-bond acceptors (Lipinski definition) is 2. The van der Waals surface area contributed by atoms with E-state index < -0.39 is 17.8 Å². The van der Waals surface area contributed by atoms with Gasteiger partial charge in [0.2, 0.25) is 5.91 Å².